The van der Waals surface area contributed by atoms with Crippen molar-refractivity contribution in [3.8, 4) is 11.5 Å². The van der Waals surface area contributed by atoms with Gasteiger partial charge in [-0.25, -0.2) is 13.1 Å². The fraction of sp³-hybridized carbons (Fsp3) is 0.316. The van der Waals surface area contributed by atoms with Crippen molar-refractivity contribution in [1.82, 2.24) is 4.72 Å². The molecule has 4 rings (SSSR count). The third kappa shape index (κ3) is 4.11. The average Bonchev–Trinajstić information content (AvgIpc) is 3.38. The Balaban J connectivity index is 1.40. The fourth-order valence-corrected chi connectivity index (χ4v) is 4.12. The van der Waals surface area contributed by atoms with Crippen molar-refractivity contribution in [3.05, 3.63) is 48.0 Å². The average molecular weight is 404 g/mol. The van der Waals surface area contributed by atoms with Crippen LogP contribution in [0.1, 0.15) is 23.2 Å². The van der Waals surface area contributed by atoms with E-state index < -0.39 is 10.0 Å². The Kier molecular flexibility index (Phi) is 5.21. The normalized spacial score (nSPS) is 18.2. The van der Waals surface area contributed by atoms with Crippen LogP contribution in [0, 0.1) is 0 Å². The lowest BCUT2D eigenvalue weighted by Crippen LogP contribution is -2.31. The number of benzene rings is 2. The second kappa shape index (κ2) is 7.78. The molecule has 0 spiro atoms. The lowest BCUT2D eigenvalue weighted by atomic mass is 10.2. The molecule has 1 fully saturated rings. The van der Waals surface area contributed by atoms with Crippen LogP contribution in [0.25, 0.3) is 0 Å². The first-order valence-corrected chi connectivity index (χ1v) is 10.4. The molecule has 0 bridgehead atoms. The zero-order chi connectivity index (χ0) is 19.6. The summed E-state index contributed by atoms with van der Waals surface area (Å²) in [6.45, 7) is 1.07. The van der Waals surface area contributed by atoms with Gasteiger partial charge in [-0.05, 0) is 49.2 Å². The summed E-state index contributed by atoms with van der Waals surface area (Å²) in [7, 11) is -3.65. The zero-order valence-electron chi connectivity index (χ0n) is 15.0. The van der Waals surface area contributed by atoms with E-state index in [1.165, 1.54) is 24.3 Å². The lowest BCUT2D eigenvalue weighted by Gasteiger charge is -2.12. The Morgan fingerprint density at radius 1 is 1.07 bits per heavy atom. The number of amides is 1. The molecule has 0 unspecified atom stereocenters. The zero-order valence-corrected chi connectivity index (χ0v) is 15.8. The van der Waals surface area contributed by atoms with Gasteiger partial charge >= 0.3 is 0 Å². The molecule has 2 N–H and O–H groups in total. The number of rotatable bonds is 6. The SMILES string of the molecule is O=C(Nc1ccc2c(c1)OCO2)c1ccc(S(=O)(=O)NC[C@H]2CCCO2)cc1. The Hall–Kier alpha value is -2.62. The highest BCUT2D eigenvalue weighted by molar-refractivity contribution is 7.89. The van der Waals surface area contributed by atoms with Crippen LogP contribution in [0.2, 0.25) is 0 Å². The molecule has 2 heterocycles. The third-order valence-corrected chi connectivity index (χ3v) is 6.02. The van der Waals surface area contributed by atoms with Gasteiger partial charge in [0, 0.05) is 30.5 Å². The van der Waals surface area contributed by atoms with E-state index in [9.17, 15) is 13.2 Å². The van der Waals surface area contributed by atoms with Gasteiger partial charge in [0.1, 0.15) is 0 Å². The number of carbonyl (C=O) groups is 1. The second-order valence-corrected chi connectivity index (χ2v) is 8.30. The van der Waals surface area contributed by atoms with Crippen LogP contribution in [0.5, 0.6) is 11.5 Å². The number of carbonyl (C=O) groups excluding carboxylic acids is 1. The first-order chi connectivity index (χ1) is 13.5. The molecule has 0 saturated carbocycles. The smallest absolute Gasteiger partial charge is 0.255 e. The van der Waals surface area contributed by atoms with Crippen molar-refractivity contribution in [2.45, 2.75) is 23.8 Å². The Labute approximate surface area is 162 Å². The number of hydrogen-bond donors (Lipinski definition) is 2. The van der Waals surface area contributed by atoms with Gasteiger partial charge in [0.25, 0.3) is 5.91 Å². The van der Waals surface area contributed by atoms with Crippen LogP contribution in [0.15, 0.2) is 47.4 Å². The van der Waals surface area contributed by atoms with Crippen molar-refractivity contribution in [2.24, 2.45) is 0 Å². The summed E-state index contributed by atoms with van der Waals surface area (Å²) in [5, 5.41) is 2.75. The Bertz CT molecular complexity index is 968. The van der Waals surface area contributed by atoms with Gasteiger partial charge in [-0.2, -0.15) is 0 Å². The number of ether oxygens (including phenoxy) is 3. The molecule has 0 aromatic heterocycles. The predicted octanol–water partition coefficient (Wildman–Crippen LogP) is 2.12. The summed E-state index contributed by atoms with van der Waals surface area (Å²) in [6, 6.07) is 10.9. The highest BCUT2D eigenvalue weighted by Gasteiger charge is 2.21. The van der Waals surface area contributed by atoms with Crippen molar-refractivity contribution >= 4 is 21.6 Å². The van der Waals surface area contributed by atoms with E-state index in [4.69, 9.17) is 14.2 Å². The Morgan fingerprint density at radius 2 is 1.86 bits per heavy atom. The van der Waals surface area contributed by atoms with Gasteiger partial charge in [-0.3, -0.25) is 4.79 Å². The molecule has 9 heteroatoms. The Morgan fingerprint density at radius 3 is 2.61 bits per heavy atom. The van der Waals surface area contributed by atoms with E-state index in [1.54, 1.807) is 18.2 Å². The van der Waals surface area contributed by atoms with E-state index in [-0.39, 0.29) is 30.2 Å². The fourth-order valence-electron chi connectivity index (χ4n) is 3.05. The van der Waals surface area contributed by atoms with Crippen LogP contribution in [0.3, 0.4) is 0 Å². The molecule has 1 saturated heterocycles. The van der Waals surface area contributed by atoms with Crippen LogP contribution in [0.4, 0.5) is 5.69 Å². The van der Waals surface area contributed by atoms with E-state index >= 15 is 0 Å². The molecule has 28 heavy (non-hydrogen) atoms. The van der Waals surface area contributed by atoms with Crippen LogP contribution < -0.4 is 19.5 Å². The van der Waals surface area contributed by atoms with E-state index in [0.29, 0.717) is 29.4 Å². The summed E-state index contributed by atoms with van der Waals surface area (Å²) in [5.41, 5.74) is 0.903. The van der Waals surface area contributed by atoms with Crippen LogP contribution >= 0.6 is 0 Å². The number of fused-ring (bicyclic) bond motifs is 1. The highest BCUT2D eigenvalue weighted by atomic mass is 32.2. The molecule has 0 radical (unpaired) electrons. The van der Waals surface area contributed by atoms with Gasteiger partial charge in [-0.15, -0.1) is 0 Å². The standard InChI is InChI=1S/C19H20N2O6S/c22-19(21-14-5-8-17-18(10-14)27-12-26-17)13-3-6-16(7-4-13)28(23,24)20-11-15-2-1-9-25-15/h3-8,10,15,20H,1-2,9,11-12H2,(H,21,22)/t15-/m1/s1. The molecule has 2 aromatic rings. The summed E-state index contributed by atoms with van der Waals surface area (Å²) in [5.74, 6) is 0.842. The van der Waals surface area contributed by atoms with E-state index in [2.05, 4.69) is 10.0 Å². The second-order valence-electron chi connectivity index (χ2n) is 6.53. The molecule has 148 valence electrons. The first kappa shape index (κ1) is 18.7. The van der Waals surface area contributed by atoms with Gasteiger partial charge in [0.15, 0.2) is 11.5 Å². The number of sulfonamides is 1. The largest absolute Gasteiger partial charge is 0.454 e. The molecular formula is C19H20N2O6S. The molecule has 2 aromatic carbocycles. The minimum atomic E-state index is -3.65. The van der Waals surface area contributed by atoms with Gasteiger partial charge in [-0.1, -0.05) is 0 Å². The van der Waals surface area contributed by atoms with E-state index in [1.807, 2.05) is 0 Å². The lowest BCUT2D eigenvalue weighted by molar-refractivity contribution is 0.102. The topological polar surface area (TPSA) is 103 Å². The number of hydrogen-bond acceptors (Lipinski definition) is 6. The minimum absolute atomic E-state index is 0.0819. The van der Waals surface area contributed by atoms with Gasteiger partial charge < -0.3 is 19.5 Å². The number of nitrogens with one attached hydrogen (secondary N) is 2. The first-order valence-electron chi connectivity index (χ1n) is 8.94. The highest BCUT2D eigenvalue weighted by Crippen LogP contribution is 2.34. The van der Waals surface area contributed by atoms with Gasteiger partial charge in [0.05, 0.1) is 11.0 Å². The van der Waals surface area contributed by atoms with E-state index in [0.717, 1.165) is 12.8 Å². The maximum absolute atomic E-state index is 12.4. The van der Waals surface area contributed by atoms with Crippen molar-refractivity contribution in [3.63, 3.8) is 0 Å². The van der Waals surface area contributed by atoms with Crippen molar-refractivity contribution < 1.29 is 27.4 Å². The van der Waals surface area contributed by atoms with Crippen LogP contribution in [-0.4, -0.2) is 40.4 Å². The molecule has 0 aliphatic carbocycles. The molecule has 1 amide bonds. The number of anilines is 1. The molecule has 8 nitrogen and oxygen atoms in total. The predicted molar refractivity (Wildman–Crippen MR) is 101 cm³/mol. The molecule has 2 aliphatic heterocycles. The van der Waals surface area contributed by atoms with Crippen molar-refractivity contribution in [2.75, 3.05) is 25.3 Å². The molecular weight excluding hydrogens is 384 g/mol. The summed E-state index contributed by atoms with van der Waals surface area (Å²) in [4.78, 5) is 12.5. The summed E-state index contributed by atoms with van der Waals surface area (Å²) < 4.78 is 43.2. The third-order valence-electron chi connectivity index (χ3n) is 4.58. The maximum Gasteiger partial charge on any atom is 0.255 e. The maximum atomic E-state index is 12.4. The van der Waals surface area contributed by atoms with Gasteiger partial charge in [0.2, 0.25) is 16.8 Å². The quantitative estimate of drug-likeness (QED) is 0.765. The van der Waals surface area contributed by atoms with Crippen molar-refractivity contribution in [1.29, 1.82) is 0 Å². The summed E-state index contributed by atoms with van der Waals surface area (Å²) in [6.07, 6.45) is 1.71. The van der Waals surface area contributed by atoms with Crippen LogP contribution in [-0.2, 0) is 14.8 Å². The molecule has 1 atom stereocenters. The summed E-state index contributed by atoms with van der Waals surface area (Å²) >= 11 is 0. The molecule has 2 aliphatic rings. The monoisotopic (exact) mass is 404 g/mol. The minimum Gasteiger partial charge on any atom is -0.454 e.